The smallest absolute Gasteiger partial charge is 0.393 e. The fraction of sp³-hybridized carbons (Fsp3) is 0.250. The second kappa shape index (κ2) is 3.17. The minimum absolute atomic E-state index is 0. The van der Waals surface area contributed by atoms with E-state index in [-0.39, 0.29) is 24.2 Å². The highest BCUT2D eigenvalue weighted by atomic mass is 35.5. The first-order valence-electron chi connectivity index (χ1n) is 2.23. The minimum atomic E-state index is -1.20. The van der Waals surface area contributed by atoms with Gasteiger partial charge in [0.1, 0.15) is 0 Å². The van der Waals surface area contributed by atoms with E-state index in [0.29, 0.717) is 0 Å². The van der Waals surface area contributed by atoms with Gasteiger partial charge in [-0.2, -0.15) is 0 Å². The van der Waals surface area contributed by atoms with Crippen molar-refractivity contribution in [2.45, 2.75) is 6.92 Å². The van der Waals surface area contributed by atoms with Gasteiger partial charge in [0, 0.05) is 6.92 Å². The molecule has 0 radical (unpaired) electrons. The molecule has 0 unspecified atom stereocenters. The minimum Gasteiger partial charge on any atom is -0.474 e. The van der Waals surface area contributed by atoms with Crippen LogP contribution in [0.2, 0.25) is 0 Å². The average Bonchev–Trinajstić information content (AvgIpc) is 2.14. The van der Waals surface area contributed by atoms with E-state index in [2.05, 4.69) is 14.6 Å². The highest BCUT2D eigenvalue weighted by Gasteiger charge is 2.09. The van der Waals surface area contributed by atoms with E-state index in [1.54, 1.807) is 0 Å². The molecule has 1 N–H and O–H groups in total. The number of halogens is 1. The standard InChI is InChI=1S/C4H4N2O3.ClH/c1-2-5-6-3(9-2)4(7)8;/h1H3,(H,7,8);1H. The maximum Gasteiger partial charge on any atom is 0.393 e. The summed E-state index contributed by atoms with van der Waals surface area (Å²) in [5, 5.41) is 14.7. The first-order chi connectivity index (χ1) is 4.20. The lowest BCUT2D eigenvalue weighted by molar-refractivity contribution is 0.0652. The molecule has 1 rings (SSSR count). The van der Waals surface area contributed by atoms with Crippen LogP contribution in [0.15, 0.2) is 4.42 Å². The molecule has 1 heterocycles. The van der Waals surface area contributed by atoms with Crippen molar-refractivity contribution in [3.05, 3.63) is 11.8 Å². The molecule has 0 saturated carbocycles. The van der Waals surface area contributed by atoms with Crippen LogP contribution in [-0.2, 0) is 0 Å². The molecule has 6 heteroatoms. The van der Waals surface area contributed by atoms with E-state index < -0.39 is 5.97 Å². The summed E-state index contributed by atoms with van der Waals surface area (Å²) in [5.74, 6) is -1.31. The van der Waals surface area contributed by atoms with Crippen molar-refractivity contribution in [3.63, 3.8) is 0 Å². The van der Waals surface area contributed by atoms with Gasteiger partial charge in [0.15, 0.2) is 0 Å². The number of rotatable bonds is 1. The molecule has 0 aromatic carbocycles. The topological polar surface area (TPSA) is 76.2 Å². The molecule has 0 saturated heterocycles. The maximum atomic E-state index is 10.0. The molecular formula is C4H5ClN2O3. The SMILES string of the molecule is Cc1nnc(C(=O)O)o1.Cl. The van der Waals surface area contributed by atoms with E-state index in [4.69, 9.17) is 5.11 Å². The van der Waals surface area contributed by atoms with E-state index in [1.165, 1.54) is 6.92 Å². The summed E-state index contributed by atoms with van der Waals surface area (Å²) >= 11 is 0. The third-order valence-corrected chi connectivity index (χ3v) is 0.709. The number of aryl methyl sites for hydroxylation is 1. The quantitative estimate of drug-likeness (QED) is 0.654. The second-order valence-corrected chi connectivity index (χ2v) is 1.43. The summed E-state index contributed by atoms with van der Waals surface area (Å²) in [6.07, 6.45) is 0. The molecule has 0 fully saturated rings. The number of aromatic carboxylic acids is 1. The van der Waals surface area contributed by atoms with Crippen LogP contribution in [-0.4, -0.2) is 21.3 Å². The summed E-state index contributed by atoms with van der Waals surface area (Å²) < 4.78 is 4.52. The van der Waals surface area contributed by atoms with Gasteiger partial charge in [0.2, 0.25) is 5.89 Å². The number of carboxylic acids is 1. The lowest BCUT2D eigenvalue weighted by Gasteiger charge is -1.77. The van der Waals surface area contributed by atoms with Crippen molar-refractivity contribution in [2.24, 2.45) is 0 Å². The molecule has 0 amide bonds. The van der Waals surface area contributed by atoms with Gasteiger partial charge in [-0.05, 0) is 0 Å². The Labute approximate surface area is 62.5 Å². The van der Waals surface area contributed by atoms with Gasteiger partial charge in [-0.25, -0.2) is 4.79 Å². The molecule has 10 heavy (non-hydrogen) atoms. The zero-order chi connectivity index (χ0) is 6.85. The monoisotopic (exact) mass is 164 g/mol. The first kappa shape index (κ1) is 8.90. The third kappa shape index (κ3) is 1.70. The zero-order valence-electron chi connectivity index (χ0n) is 5.07. The molecule has 5 nitrogen and oxygen atoms in total. The third-order valence-electron chi connectivity index (χ3n) is 0.709. The molecule has 1 aromatic heterocycles. The summed E-state index contributed by atoms with van der Waals surface area (Å²) in [4.78, 5) is 10.0. The molecule has 0 bridgehead atoms. The second-order valence-electron chi connectivity index (χ2n) is 1.43. The fourth-order valence-corrected chi connectivity index (χ4v) is 0.383. The van der Waals surface area contributed by atoms with Crippen molar-refractivity contribution in [3.8, 4) is 0 Å². The Bertz CT molecular complexity index is 234. The van der Waals surface area contributed by atoms with Gasteiger partial charge in [0.25, 0.3) is 0 Å². The molecule has 0 aliphatic rings. The lowest BCUT2D eigenvalue weighted by atomic mass is 10.7. The van der Waals surface area contributed by atoms with Crippen LogP contribution < -0.4 is 0 Å². The Morgan fingerprint density at radius 2 is 2.20 bits per heavy atom. The number of carboxylic acid groups (broad SMARTS) is 1. The van der Waals surface area contributed by atoms with Gasteiger partial charge < -0.3 is 9.52 Å². The summed E-state index contributed by atoms with van der Waals surface area (Å²) in [6, 6.07) is 0. The maximum absolute atomic E-state index is 10.0. The van der Waals surface area contributed by atoms with Crippen molar-refractivity contribution in [1.29, 1.82) is 0 Å². The van der Waals surface area contributed by atoms with Crippen LogP contribution in [0.4, 0.5) is 0 Å². The number of hydrogen-bond acceptors (Lipinski definition) is 4. The Morgan fingerprint density at radius 3 is 2.40 bits per heavy atom. The summed E-state index contributed by atoms with van der Waals surface area (Å²) in [7, 11) is 0. The van der Waals surface area contributed by atoms with Gasteiger partial charge in [-0.1, -0.05) is 0 Å². The highest BCUT2D eigenvalue weighted by Crippen LogP contribution is 1.95. The average molecular weight is 165 g/mol. The van der Waals surface area contributed by atoms with Crippen molar-refractivity contribution in [1.82, 2.24) is 10.2 Å². The molecule has 56 valence electrons. The summed E-state index contributed by atoms with van der Waals surface area (Å²) in [6.45, 7) is 1.53. The van der Waals surface area contributed by atoms with Gasteiger partial charge in [-0.15, -0.1) is 22.6 Å². The van der Waals surface area contributed by atoms with Crippen LogP contribution in [0, 0.1) is 6.92 Å². The first-order valence-corrected chi connectivity index (χ1v) is 2.23. The van der Waals surface area contributed by atoms with E-state index in [9.17, 15) is 4.79 Å². The van der Waals surface area contributed by atoms with Crippen LogP contribution in [0.25, 0.3) is 0 Å². The van der Waals surface area contributed by atoms with Crippen molar-refractivity contribution < 1.29 is 14.3 Å². The van der Waals surface area contributed by atoms with Crippen LogP contribution >= 0.6 is 12.4 Å². The van der Waals surface area contributed by atoms with E-state index >= 15 is 0 Å². The summed E-state index contributed by atoms with van der Waals surface area (Å²) in [5.41, 5.74) is 0. The van der Waals surface area contributed by atoms with Crippen LogP contribution in [0.5, 0.6) is 0 Å². The van der Waals surface area contributed by atoms with Crippen LogP contribution in [0.1, 0.15) is 16.6 Å². The molecule has 0 aliphatic carbocycles. The predicted octanol–water partition coefficient (Wildman–Crippen LogP) is 0.498. The number of carbonyl (C=O) groups is 1. The Balaban J connectivity index is 0.000000810. The van der Waals surface area contributed by atoms with E-state index in [1.807, 2.05) is 0 Å². The zero-order valence-corrected chi connectivity index (χ0v) is 5.88. The Hall–Kier alpha value is -1.10. The molecule has 0 spiro atoms. The fourth-order valence-electron chi connectivity index (χ4n) is 0.383. The lowest BCUT2D eigenvalue weighted by Crippen LogP contribution is -1.95. The van der Waals surface area contributed by atoms with Gasteiger partial charge >= 0.3 is 11.9 Å². The number of nitrogens with zero attached hydrogens (tertiary/aromatic N) is 2. The molecule has 0 atom stereocenters. The Kier molecular flexibility index (Phi) is 2.82. The largest absolute Gasteiger partial charge is 0.474 e. The number of aromatic nitrogens is 2. The van der Waals surface area contributed by atoms with Gasteiger partial charge in [0.05, 0.1) is 0 Å². The molecular weight excluding hydrogens is 160 g/mol. The highest BCUT2D eigenvalue weighted by molar-refractivity contribution is 5.85. The van der Waals surface area contributed by atoms with Gasteiger partial charge in [-0.3, -0.25) is 0 Å². The Morgan fingerprint density at radius 1 is 1.60 bits per heavy atom. The van der Waals surface area contributed by atoms with Crippen molar-refractivity contribution >= 4 is 18.4 Å². The van der Waals surface area contributed by atoms with E-state index in [0.717, 1.165) is 0 Å². The van der Waals surface area contributed by atoms with Crippen LogP contribution in [0.3, 0.4) is 0 Å². The molecule has 1 aromatic rings. The normalized spacial score (nSPS) is 8.50. The predicted molar refractivity (Wildman–Crippen MR) is 33.2 cm³/mol. The van der Waals surface area contributed by atoms with Crippen molar-refractivity contribution in [2.75, 3.05) is 0 Å². The molecule has 0 aliphatic heterocycles. The number of hydrogen-bond donors (Lipinski definition) is 1.